The molecule has 1 unspecified atom stereocenters. The first kappa shape index (κ1) is 22.5. The van der Waals surface area contributed by atoms with Crippen LogP contribution in [0.5, 0.6) is 5.75 Å². The zero-order chi connectivity index (χ0) is 19.1. The first-order valence-corrected chi connectivity index (χ1v) is 9.67. The predicted octanol–water partition coefficient (Wildman–Crippen LogP) is 4.61. The fourth-order valence-corrected chi connectivity index (χ4v) is 3.42. The lowest BCUT2D eigenvalue weighted by Gasteiger charge is -2.33. The second kappa shape index (κ2) is 11.3. The third kappa shape index (κ3) is 6.67. The van der Waals surface area contributed by atoms with Crippen LogP contribution in [-0.4, -0.2) is 30.6 Å². The molecule has 1 heterocycles. The van der Waals surface area contributed by atoms with Crippen LogP contribution in [-0.2, 0) is 13.1 Å². The maximum Gasteiger partial charge on any atom is 0.193 e. The van der Waals surface area contributed by atoms with Crippen molar-refractivity contribution in [3.8, 4) is 5.75 Å². The molecule has 0 bridgehead atoms. The summed E-state index contributed by atoms with van der Waals surface area (Å²) in [6.45, 7) is 5.14. The monoisotopic (exact) mass is 494 g/mol. The third-order valence-corrected chi connectivity index (χ3v) is 5.14. The van der Waals surface area contributed by atoms with Gasteiger partial charge in [-0.05, 0) is 61.7 Å². The van der Waals surface area contributed by atoms with E-state index in [1.165, 1.54) is 31.4 Å². The first-order chi connectivity index (χ1) is 13.1. The molecule has 1 aliphatic rings. The Labute approximate surface area is 185 Å². The number of hydrogen-bond acceptors (Lipinski definition) is 3. The van der Waals surface area contributed by atoms with E-state index in [4.69, 9.17) is 10.5 Å². The summed E-state index contributed by atoms with van der Waals surface area (Å²) in [4.78, 5) is 7.01. The van der Waals surface area contributed by atoms with Crippen molar-refractivity contribution in [3.63, 3.8) is 0 Å². The first-order valence-electron chi connectivity index (χ1n) is 9.67. The van der Waals surface area contributed by atoms with E-state index >= 15 is 0 Å². The van der Waals surface area contributed by atoms with Gasteiger partial charge in [-0.15, -0.1) is 24.0 Å². The lowest BCUT2D eigenvalue weighted by Crippen LogP contribution is -2.36. The Hall–Kier alpha value is -1.80. The highest BCUT2D eigenvalue weighted by molar-refractivity contribution is 14.0. The van der Waals surface area contributed by atoms with Crippen LogP contribution < -0.4 is 15.8 Å². The highest BCUT2D eigenvalue weighted by atomic mass is 127. The van der Waals surface area contributed by atoms with Gasteiger partial charge < -0.3 is 15.8 Å². The second-order valence-electron chi connectivity index (χ2n) is 7.19. The number of rotatable bonds is 6. The van der Waals surface area contributed by atoms with Crippen LogP contribution >= 0.6 is 24.0 Å². The molecule has 3 N–H and O–H groups in total. The van der Waals surface area contributed by atoms with Crippen molar-refractivity contribution in [1.82, 2.24) is 4.90 Å². The van der Waals surface area contributed by atoms with Crippen LogP contribution in [0, 0.1) is 0 Å². The Morgan fingerprint density at radius 2 is 1.79 bits per heavy atom. The summed E-state index contributed by atoms with van der Waals surface area (Å²) in [5, 5.41) is 3.10. The minimum absolute atomic E-state index is 0. The number of benzene rings is 2. The number of methoxy groups -OCH3 is 1. The smallest absolute Gasteiger partial charge is 0.193 e. The number of nitrogens with one attached hydrogen (secondary N) is 1. The fourth-order valence-electron chi connectivity index (χ4n) is 3.42. The molecular weight excluding hydrogens is 463 g/mol. The standard InChI is InChI=1S/C22H30N4O.HI/c1-17-5-3-4-14-26(17)16-19-8-6-18(7-9-19)15-24-22(23)25-20-10-12-21(27-2)13-11-20;/h6-13,17H,3-5,14-16H2,1-2H3,(H3,23,24,25);1H. The number of nitrogens with two attached hydrogens (primary N) is 1. The van der Waals surface area contributed by atoms with Gasteiger partial charge in [-0.3, -0.25) is 4.90 Å². The van der Waals surface area contributed by atoms with Crippen molar-refractivity contribution in [2.75, 3.05) is 19.0 Å². The Morgan fingerprint density at radius 1 is 1.11 bits per heavy atom. The fraction of sp³-hybridized carbons (Fsp3) is 0.409. The third-order valence-electron chi connectivity index (χ3n) is 5.14. The summed E-state index contributed by atoms with van der Waals surface area (Å²) >= 11 is 0. The SMILES string of the molecule is COc1ccc(NC(N)=NCc2ccc(CN3CCCCC3C)cc2)cc1.I. The number of ether oxygens (including phenoxy) is 1. The van der Waals surface area contributed by atoms with Gasteiger partial charge in [0.05, 0.1) is 13.7 Å². The highest BCUT2D eigenvalue weighted by Crippen LogP contribution is 2.19. The summed E-state index contributed by atoms with van der Waals surface area (Å²) in [6, 6.07) is 17.0. The Bertz CT molecular complexity index is 746. The quantitative estimate of drug-likeness (QED) is 0.350. The zero-order valence-corrected chi connectivity index (χ0v) is 19.1. The molecule has 0 aromatic heterocycles. The molecule has 6 heteroatoms. The molecule has 5 nitrogen and oxygen atoms in total. The topological polar surface area (TPSA) is 62.9 Å². The summed E-state index contributed by atoms with van der Waals surface area (Å²) < 4.78 is 5.15. The molecule has 1 fully saturated rings. The van der Waals surface area contributed by atoms with Crippen molar-refractivity contribution < 1.29 is 4.74 Å². The van der Waals surface area contributed by atoms with Crippen molar-refractivity contribution in [3.05, 3.63) is 59.7 Å². The molecule has 2 aromatic carbocycles. The van der Waals surface area contributed by atoms with Gasteiger partial charge in [0.1, 0.15) is 5.75 Å². The predicted molar refractivity (Wildman–Crippen MR) is 128 cm³/mol. The maximum absolute atomic E-state index is 5.99. The van der Waals surface area contributed by atoms with E-state index in [2.05, 4.69) is 46.4 Å². The van der Waals surface area contributed by atoms with Crippen molar-refractivity contribution in [1.29, 1.82) is 0 Å². The van der Waals surface area contributed by atoms with E-state index in [9.17, 15) is 0 Å². The zero-order valence-electron chi connectivity index (χ0n) is 16.7. The van der Waals surface area contributed by atoms with Gasteiger partial charge in [0.25, 0.3) is 0 Å². The maximum atomic E-state index is 5.99. The molecule has 1 aliphatic heterocycles. The summed E-state index contributed by atoms with van der Waals surface area (Å²) in [7, 11) is 1.65. The minimum Gasteiger partial charge on any atom is -0.497 e. The summed E-state index contributed by atoms with van der Waals surface area (Å²) in [5.74, 6) is 1.22. The van der Waals surface area contributed by atoms with Crippen LogP contribution in [0.15, 0.2) is 53.5 Å². The van der Waals surface area contributed by atoms with Gasteiger partial charge in [0.2, 0.25) is 0 Å². The average molecular weight is 494 g/mol. The number of likely N-dealkylation sites (tertiary alicyclic amines) is 1. The van der Waals surface area contributed by atoms with Gasteiger partial charge in [-0.1, -0.05) is 30.7 Å². The lowest BCUT2D eigenvalue weighted by molar-refractivity contribution is 0.152. The molecular formula is C22H31IN4O. The molecule has 1 saturated heterocycles. The summed E-state index contributed by atoms with van der Waals surface area (Å²) in [5.41, 5.74) is 9.40. The van der Waals surface area contributed by atoms with Crippen molar-refractivity contribution >= 4 is 35.6 Å². The number of aliphatic imine (C=N–C) groups is 1. The van der Waals surface area contributed by atoms with Gasteiger partial charge in [-0.2, -0.15) is 0 Å². The Morgan fingerprint density at radius 3 is 2.43 bits per heavy atom. The van der Waals surface area contributed by atoms with Gasteiger partial charge in [-0.25, -0.2) is 4.99 Å². The molecule has 1 atom stereocenters. The number of nitrogens with zero attached hydrogens (tertiary/aromatic N) is 2. The highest BCUT2D eigenvalue weighted by Gasteiger charge is 2.17. The number of guanidine groups is 1. The van der Waals surface area contributed by atoms with E-state index in [0.717, 1.165) is 23.5 Å². The van der Waals surface area contributed by atoms with E-state index < -0.39 is 0 Å². The number of anilines is 1. The molecule has 0 amide bonds. The van der Waals surface area contributed by atoms with Gasteiger partial charge in [0.15, 0.2) is 5.96 Å². The molecule has 0 spiro atoms. The molecule has 0 saturated carbocycles. The molecule has 28 heavy (non-hydrogen) atoms. The Balaban J connectivity index is 0.00000280. The van der Waals surface area contributed by atoms with Crippen molar-refractivity contribution in [2.24, 2.45) is 10.7 Å². The van der Waals surface area contributed by atoms with Crippen molar-refractivity contribution in [2.45, 2.75) is 45.3 Å². The number of halogens is 1. The molecule has 2 aromatic rings. The van der Waals surface area contributed by atoms with Crippen LogP contribution in [0.25, 0.3) is 0 Å². The minimum atomic E-state index is 0. The van der Waals surface area contributed by atoms with Crippen LogP contribution in [0.4, 0.5) is 5.69 Å². The van der Waals surface area contributed by atoms with Crippen LogP contribution in [0.3, 0.4) is 0 Å². The lowest BCUT2D eigenvalue weighted by atomic mass is 10.0. The average Bonchev–Trinajstić information content (AvgIpc) is 2.70. The second-order valence-corrected chi connectivity index (χ2v) is 7.19. The summed E-state index contributed by atoms with van der Waals surface area (Å²) in [6.07, 6.45) is 3.99. The molecule has 0 aliphatic carbocycles. The van der Waals surface area contributed by atoms with Gasteiger partial charge in [0, 0.05) is 18.3 Å². The Kier molecular flexibility index (Phi) is 9.05. The number of hydrogen-bond donors (Lipinski definition) is 2. The van der Waals surface area contributed by atoms with E-state index in [1.807, 2.05) is 24.3 Å². The number of piperidine rings is 1. The van der Waals surface area contributed by atoms with Gasteiger partial charge >= 0.3 is 0 Å². The molecule has 152 valence electrons. The van der Waals surface area contributed by atoms with E-state index in [1.54, 1.807) is 7.11 Å². The van der Waals surface area contributed by atoms with Crippen LogP contribution in [0.2, 0.25) is 0 Å². The molecule has 0 radical (unpaired) electrons. The van der Waals surface area contributed by atoms with Crippen LogP contribution in [0.1, 0.15) is 37.3 Å². The van der Waals surface area contributed by atoms with E-state index in [0.29, 0.717) is 18.5 Å². The molecule has 3 rings (SSSR count). The largest absolute Gasteiger partial charge is 0.497 e. The van der Waals surface area contributed by atoms with E-state index in [-0.39, 0.29) is 24.0 Å². The normalized spacial score (nSPS) is 17.6.